The lowest BCUT2D eigenvalue weighted by atomic mass is 9.79. The molecular formula is C33H32N5O2+. The molecule has 1 aliphatic heterocycles. The van der Waals surface area contributed by atoms with Crippen molar-refractivity contribution in [3.05, 3.63) is 113 Å². The first-order valence-electron chi connectivity index (χ1n) is 13.7. The lowest BCUT2D eigenvalue weighted by molar-refractivity contribution is -0.444. The number of fused-ring (bicyclic) bond motifs is 1. The Morgan fingerprint density at radius 1 is 1.00 bits per heavy atom. The fourth-order valence-electron chi connectivity index (χ4n) is 5.61. The molecule has 7 nitrogen and oxygen atoms in total. The lowest BCUT2D eigenvalue weighted by Crippen LogP contribution is -2.16. The molecule has 5 aromatic rings. The third-order valence-electron chi connectivity index (χ3n) is 7.63. The van der Waals surface area contributed by atoms with Crippen molar-refractivity contribution in [3.8, 4) is 28.3 Å². The van der Waals surface area contributed by atoms with Crippen LogP contribution in [0.1, 0.15) is 41.5 Å². The zero-order valence-corrected chi connectivity index (χ0v) is 22.6. The van der Waals surface area contributed by atoms with E-state index in [0.717, 1.165) is 40.0 Å². The molecule has 3 N–H and O–H groups in total. The summed E-state index contributed by atoms with van der Waals surface area (Å²) in [7, 11) is 0. The van der Waals surface area contributed by atoms with Crippen molar-refractivity contribution in [2.75, 3.05) is 11.9 Å². The number of aryl methyl sites for hydroxylation is 1. The van der Waals surface area contributed by atoms with E-state index < -0.39 is 0 Å². The molecule has 0 spiro atoms. The quantitative estimate of drug-likeness (QED) is 0.282. The summed E-state index contributed by atoms with van der Waals surface area (Å²) in [6.45, 7) is 4.90. The first-order valence-corrected chi connectivity index (χ1v) is 13.7. The third-order valence-corrected chi connectivity index (χ3v) is 7.63. The van der Waals surface area contributed by atoms with Gasteiger partial charge in [-0.25, -0.2) is 0 Å². The van der Waals surface area contributed by atoms with Gasteiger partial charge in [0.15, 0.2) is 5.21 Å². The van der Waals surface area contributed by atoms with Crippen molar-refractivity contribution in [1.82, 2.24) is 15.5 Å². The summed E-state index contributed by atoms with van der Waals surface area (Å²) in [5.41, 5.74) is 7.97. The van der Waals surface area contributed by atoms with Crippen molar-refractivity contribution in [1.29, 1.82) is 0 Å². The van der Waals surface area contributed by atoms with Gasteiger partial charge in [-0.2, -0.15) is 5.10 Å². The van der Waals surface area contributed by atoms with Gasteiger partial charge in [0.05, 0.1) is 24.3 Å². The monoisotopic (exact) mass is 530 g/mol. The number of tetrazole rings is 1. The number of nitrogens with zero attached hydrogens (tertiary/aromatic N) is 2. The third kappa shape index (κ3) is 5.23. The second-order valence-electron chi connectivity index (χ2n) is 10.5. The number of H-pyrrole nitrogens is 2. The number of anilines is 1. The Labute approximate surface area is 233 Å². The van der Waals surface area contributed by atoms with Gasteiger partial charge in [-0.1, -0.05) is 90.5 Å². The van der Waals surface area contributed by atoms with Crippen LogP contribution in [-0.2, 0) is 11.2 Å². The van der Waals surface area contributed by atoms with E-state index in [1.165, 1.54) is 11.1 Å². The minimum atomic E-state index is -0.0847. The second-order valence-corrected chi connectivity index (χ2v) is 10.5. The van der Waals surface area contributed by atoms with Crippen molar-refractivity contribution in [2.24, 2.45) is 5.92 Å². The molecule has 200 valence electrons. The molecule has 0 saturated carbocycles. The van der Waals surface area contributed by atoms with E-state index in [-0.39, 0.29) is 18.2 Å². The molecule has 2 unspecified atom stereocenters. The lowest BCUT2D eigenvalue weighted by Gasteiger charge is -2.25. The van der Waals surface area contributed by atoms with Crippen LogP contribution in [0, 0.1) is 12.8 Å². The van der Waals surface area contributed by atoms with Gasteiger partial charge in [-0.3, -0.25) is 4.79 Å². The summed E-state index contributed by atoms with van der Waals surface area (Å²) in [6.07, 6.45) is 1.19. The Kier molecular flexibility index (Phi) is 7.10. The standard InChI is InChI=1S/C33H31N5O2/c1-21-12-14-23(15-13-21)18-30(39)34-29-20-25(26-10-6-7-11-27(26)33-35-37-38-36-33)19-28-31(24-8-4-3-5-9-24)22(2)16-17-40-32(28)29/h3-15,19-20,22,31H,16-18H2,1-2H3,(H,34,39)(H,35,36,37,38)/p+1. The maximum absolute atomic E-state index is 13.4. The highest BCUT2D eigenvalue weighted by Gasteiger charge is 2.31. The number of nitrogens with one attached hydrogen (secondary N) is 3. The number of ether oxygens (including phenoxy) is 1. The van der Waals surface area contributed by atoms with Crippen LogP contribution in [0.25, 0.3) is 22.5 Å². The summed E-state index contributed by atoms with van der Waals surface area (Å²) >= 11 is 0. The summed E-state index contributed by atoms with van der Waals surface area (Å²) in [5.74, 6) is 1.74. The number of carbonyl (C=O) groups is 1. The fourth-order valence-corrected chi connectivity index (χ4v) is 5.61. The molecular weight excluding hydrogens is 498 g/mol. The van der Waals surface area contributed by atoms with Crippen LogP contribution in [0.4, 0.5) is 5.69 Å². The van der Waals surface area contributed by atoms with Crippen LogP contribution in [0.3, 0.4) is 0 Å². The molecule has 6 rings (SSSR count). The van der Waals surface area contributed by atoms with Crippen molar-refractivity contribution < 1.29 is 14.6 Å². The molecule has 7 heteroatoms. The number of hydrogen-bond donors (Lipinski definition) is 2. The largest absolute Gasteiger partial charge is 0.491 e. The Balaban J connectivity index is 1.49. The van der Waals surface area contributed by atoms with Gasteiger partial charge in [0.1, 0.15) is 10.8 Å². The molecule has 0 saturated heterocycles. The van der Waals surface area contributed by atoms with Crippen LogP contribution in [-0.4, -0.2) is 28.0 Å². The second kappa shape index (κ2) is 11.1. The van der Waals surface area contributed by atoms with Crippen LogP contribution in [0.15, 0.2) is 91.0 Å². The summed E-state index contributed by atoms with van der Waals surface area (Å²) in [4.78, 5) is 13.4. The molecule has 0 aliphatic carbocycles. The van der Waals surface area contributed by atoms with Gasteiger partial charge in [0.25, 0.3) is 0 Å². The molecule has 0 bridgehead atoms. The van der Waals surface area contributed by atoms with Gasteiger partial charge >= 0.3 is 5.82 Å². The predicted octanol–water partition coefficient (Wildman–Crippen LogP) is 5.99. The molecule has 1 aromatic heterocycles. The molecule has 0 radical (unpaired) electrons. The van der Waals surface area contributed by atoms with Crippen molar-refractivity contribution in [2.45, 2.75) is 32.6 Å². The minimum Gasteiger partial charge on any atom is -0.491 e. The molecule has 1 aliphatic rings. The van der Waals surface area contributed by atoms with Crippen molar-refractivity contribution in [3.63, 3.8) is 0 Å². The normalized spacial score (nSPS) is 16.4. The van der Waals surface area contributed by atoms with Gasteiger partial charge in [-0.15, -0.1) is 0 Å². The van der Waals surface area contributed by atoms with Gasteiger partial charge < -0.3 is 10.1 Å². The zero-order valence-electron chi connectivity index (χ0n) is 22.6. The summed E-state index contributed by atoms with van der Waals surface area (Å²) in [5, 5.41) is 17.0. The molecule has 4 aromatic carbocycles. The number of amides is 1. The van der Waals surface area contributed by atoms with Crippen molar-refractivity contribution >= 4 is 11.6 Å². The van der Waals surface area contributed by atoms with Crippen LogP contribution in [0.2, 0.25) is 0 Å². The number of rotatable bonds is 6. The average Bonchev–Trinajstić information content (AvgIpc) is 3.45. The van der Waals surface area contributed by atoms with Crippen LogP contribution < -0.4 is 15.2 Å². The van der Waals surface area contributed by atoms with E-state index in [9.17, 15) is 4.79 Å². The number of aromatic nitrogens is 4. The summed E-state index contributed by atoms with van der Waals surface area (Å²) < 4.78 is 6.41. The maximum atomic E-state index is 13.4. The smallest absolute Gasteiger partial charge is 0.330 e. The van der Waals surface area contributed by atoms with E-state index >= 15 is 0 Å². The maximum Gasteiger partial charge on any atom is 0.330 e. The molecule has 0 fully saturated rings. The van der Waals surface area contributed by atoms with E-state index in [4.69, 9.17) is 4.74 Å². The Morgan fingerprint density at radius 3 is 2.50 bits per heavy atom. The molecule has 2 atom stereocenters. The Bertz CT molecular complexity index is 1620. The fraction of sp³-hybridized carbons (Fsp3) is 0.212. The predicted molar refractivity (Wildman–Crippen MR) is 155 cm³/mol. The number of benzene rings is 4. The Hall–Kier alpha value is -4.78. The van der Waals surface area contributed by atoms with E-state index in [0.29, 0.717) is 24.0 Å². The van der Waals surface area contributed by atoms with E-state index in [1.54, 1.807) is 0 Å². The first kappa shape index (κ1) is 25.5. The van der Waals surface area contributed by atoms with Crippen LogP contribution in [0.5, 0.6) is 5.75 Å². The van der Waals surface area contributed by atoms with E-state index in [1.807, 2.05) is 61.5 Å². The highest BCUT2D eigenvalue weighted by atomic mass is 16.5. The highest BCUT2D eigenvalue weighted by Crippen LogP contribution is 2.47. The highest BCUT2D eigenvalue weighted by molar-refractivity contribution is 5.96. The minimum absolute atomic E-state index is 0.0847. The van der Waals surface area contributed by atoms with Gasteiger partial charge in [0.2, 0.25) is 5.91 Å². The topological polar surface area (TPSA) is 94.0 Å². The molecule has 2 heterocycles. The van der Waals surface area contributed by atoms with Gasteiger partial charge in [0, 0.05) is 11.5 Å². The van der Waals surface area contributed by atoms with E-state index in [2.05, 4.69) is 69.3 Å². The summed E-state index contributed by atoms with van der Waals surface area (Å²) in [6, 6.07) is 30.9. The van der Waals surface area contributed by atoms with Gasteiger partial charge in [-0.05, 0) is 59.7 Å². The SMILES string of the molecule is Cc1ccc(CC(=O)Nc2cc(-c3ccccc3-c3nn[nH][nH+]3)cc3c2OCCC(C)C3c2ccccc2)cc1. The average molecular weight is 531 g/mol. The number of hydrogen-bond acceptors (Lipinski definition) is 4. The first-order chi connectivity index (χ1) is 19.6. The molecule has 40 heavy (non-hydrogen) atoms. The van der Waals surface area contributed by atoms with Crippen LogP contribution >= 0.6 is 0 Å². The zero-order chi connectivity index (χ0) is 27.5. The Morgan fingerprint density at radius 2 is 1.75 bits per heavy atom. The number of aromatic amines is 2. The number of carbonyl (C=O) groups excluding carboxylic acids is 1. The molecule has 1 amide bonds.